The fraction of sp³-hybridized carbons (Fsp3) is 0.760. The van der Waals surface area contributed by atoms with Gasteiger partial charge in [-0.2, -0.15) is 0 Å². The second-order valence-electron chi connectivity index (χ2n) is 10.3. The topological polar surface area (TPSA) is 72.8 Å². The van der Waals surface area contributed by atoms with Crippen LogP contribution in [0.5, 0.6) is 0 Å². The number of cyclic esters (lactones) is 1. The van der Waals surface area contributed by atoms with Gasteiger partial charge in [0.15, 0.2) is 0 Å². The Morgan fingerprint density at radius 1 is 1.27 bits per heavy atom. The summed E-state index contributed by atoms with van der Waals surface area (Å²) in [7, 11) is 0. The van der Waals surface area contributed by atoms with Gasteiger partial charge in [0.2, 0.25) is 0 Å². The van der Waals surface area contributed by atoms with Gasteiger partial charge in [-0.3, -0.25) is 9.59 Å². The maximum atomic E-state index is 12.9. The van der Waals surface area contributed by atoms with Gasteiger partial charge in [-0.05, 0) is 62.9 Å². The van der Waals surface area contributed by atoms with Crippen molar-refractivity contribution in [2.75, 3.05) is 0 Å². The maximum absolute atomic E-state index is 12.9. The number of fused-ring (bicyclic) bond motifs is 1. The van der Waals surface area contributed by atoms with E-state index in [-0.39, 0.29) is 36.5 Å². The number of hydrogen-bond donors (Lipinski definition) is 1. The van der Waals surface area contributed by atoms with E-state index in [0.29, 0.717) is 24.2 Å². The lowest BCUT2D eigenvalue weighted by atomic mass is 9.65. The molecule has 5 nitrogen and oxygen atoms in total. The maximum Gasteiger partial charge on any atom is 0.311 e. The van der Waals surface area contributed by atoms with Gasteiger partial charge in [-0.25, -0.2) is 0 Å². The molecule has 0 aromatic rings. The molecule has 0 aromatic heterocycles. The minimum Gasteiger partial charge on any atom is -0.462 e. The molecule has 0 amide bonds. The monoisotopic (exact) mass is 418 g/mol. The van der Waals surface area contributed by atoms with Crippen LogP contribution in [-0.2, 0) is 19.1 Å². The van der Waals surface area contributed by atoms with Crippen LogP contribution >= 0.6 is 0 Å². The fourth-order valence-electron chi connectivity index (χ4n) is 5.08. The first-order valence-electron chi connectivity index (χ1n) is 11.6. The van der Waals surface area contributed by atoms with Crippen molar-refractivity contribution in [1.29, 1.82) is 0 Å². The molecule has 5 heteroatoms. The van der Waals surface area contributed by atoms with Gasteiger partial charge in [0.05, 0.1) is 17.9 Å². The molecule has 30 heavy (non-hydrogen) atoms. The minimum absolute atomic E-state index is 0.0949. The summed E-state index contributed by atoms with van der Waals surface area (Å²) < 4.78 is 11.6. The standard InChI is InChI=1S/C25H38O5/c1-6-25(4,5)24(28)30-21-12-15(2)11-17-8-7-16(3)20(23(17)21)10-9-19-13-18(26)14-22(27)29-19/h7-8,11,15-16,18-21,23,26H,6,9-10,12-14H2,1-5H3/t15-,16-,18-,19+,20-,21+,23+/m0/s1. The predicted octanol–water partition coefficient (Wildman–Crippen LogP) is 4.59. The van der Waals surface area contributed by atoms with Crippen molar-refractivity contribution in [3.05, 3.63) is 23.8 Å². The molecule has 1 fully saturated rings. The van der Waals surface area contributed by atoms with E-state index in [1.807, 2.05) is 20.8 Å². The molecule has 7 atom stereocenters. The number of aliphatic hydroxyl groups excluding tert-OH is 1. The summed E-state index contributed by atoms with van der Waals surface area (Å²) in [6.45, 7) is 10.3. The van der Waals surface area contributed by atoms with E-state index in [9.17, 15) is 14.7 Å². The summed E-state index contributed by atoms with van der Waals surface area (Å²) in [5.41, 5.74) is 0.785. The SMILES string of the molecule is CCC(C)(C)C(=O)O[C@@H]1C[C@@H](C)C=C2C=C[C@H](C)[C@H](CC[C@@H]3C[C@H](O)CC(=O)O3)[C@@H]21. The van der Waals surface area contributed by atoms with Crippen LogP contribution in [0.3, 0.4) is 0 Å². The summed E-state index contributed by atoms with van der Waals surface area (Å²) in [5, 5.41) is 9.92. The summed E-state index contributed by atoms with van der Waals surface area (Å²) in [4.78, 5) is 24.6. The molecular formula is C25H38O5. The largest absolute Gasteiger partial charge is 0.462 e. The Labute approximate surface area is 180 Å². The first-order chi connectivity index (χ1) is 14.1. The van der Waals surface area contributed by atoms with Crippen LogP contribution in [0, 0.1) is 29.1 Å². The molecule has 0 saturated carbocycles. The average molecular weight is 419 g/mol. The summed E-state index contributed by atoms with van der Waals surface area (Å²) in [5.74, 6) is 0.776. The predicted molar refractivity (Wildman–Crippen MR) is 115 cm³/mol. The Hall–Kier alpha value is -1.62. The highest BCUT2D eigenvalue weighted by Crippen LogP contribution is 2.45. The Morgan fingerprint density at radius 3 is 2.67 bits per heavy atom. The molecular weight excluding hydrogens is 380 g/mol. The number of allylic oxidation sites excluding steroid dienone is 3. The molecule has 0 aromatic carbocycles. The third kappa shape index (κ3) is 5.16. The lowest BCUT2D eigenvalue weighted by molar-refractivity contribution is -0.166. The summed E-state index contributed by atoms with van der Waals surface area (Å²) in [6, 6.07) is 0. The first-order valence-corrected chi connectivity index (χ1v) is 11.6. The van der Waals surface area contributed by atoms with Crippen LogP contribution in [0.15, 0.2) is 23.8 Å². The lowest BCUT2D eigenvalue weighted by Crippen LogP contribution is -2.43. The van der Waals surface area contributed by atoms with Crippen molar-refractivity contribution < 1.29 is 24.2 Å². The van der Waals surface area contributed by atoms with Crippen molar-refractivity contribution in [2.24, 2.45) is 29.1 Å². The molecule has 0 spiro atoms. The molecule has 168 valence electrons. The normalized spacial score (nSPS) is 36.5. The second kappa shape index (κ2) is 9.25. The number of ether oxygens (including phenoxy) is 2. The van der Waals surface area contributed by atoms with Crippen LogP contribution in [0.1, 0.15) is 73.1 Å². The van der Waals surface area contributed by atoms with Crippen molar-refractivity contribution in [3.8, 4) is 0 Å². The zero-order valence-electron chi connectivity index (χ0n) is 19.1. The number of carbonyl (C=O) groups excluding carboxylic acids is 2. The van der Waals surface area contributed by atoms with E-state index in [1.54, 1.807) is 0 Å². The zero-order chi connectivity index (χ0) is 22.1. The number of rotatable bonds is 6. The van der Waals surface area contributed by atoms with Crippen molar-refractivity contribution in [3.63, 3.8) is 0 Å². The first kappa shape index (κ1) is 23.1. The molecule has 2 aliphatic carbocycles. The smallest absolute Gasteiger partial charge is 0.311 e. The number of carbonyl (C=O) groups is 2. The van der Waals surface area contributed by atoms with E-state index in [0.717, 1.165) is 25.7 Å². The van der Waals surface area contributed by atoms with Crippen LogP contribution < -0.4 is 0 Å². The molecule has 1 N–H and O–H groups in total. The molecule has 0 unspecified atom stereocenters. The Kier molecular flexibility index (Phi) is 7.11. The quantitative estimate of drug-likeness (QED) is 0.639. The van der Waals surface area contributed by atoms with Crippen molar-refractivity contribution in [2.45, 2.75) is 91.5 Å². The molecule has 0 bridgehead atoms. The van der Waals surface area contributed by atoms with Gasteiger partial charge >= 0.3 is 11.9 Å². The number of hydrogen-bond acceptors (Lipinski definition) is 5. The molecule has 1 aliphatic heterocycles. The van der Waals surface area contributed by atoms with E-state index >= 15 is 0 Å². The Bertz CT molecular complexity index is 706. The van der Waals surface area contributed by atoms with Gasteiger partial charge in [0.1, 0.15) is 12.2 Å². The molecule has 0 radical (unpaired) electrons. The number of esters is 2. The van der Waals surface area contributed by atoms with Gasteiger partial charge in [0.25, 0.3) is 0 Å². The number of aliphatic hydroxyl groups is 1. The van der Waals surface area contributed by atoms with Gasteiger partial charge < -0.3 is 14.6 Å². The third-order valence-electron chi connectivity index (χ3n) is 7.35. The van der Waals surface area contributed by atoms with Gasteiger partial charge in [-0.15, -0.1) is 0 Å². The highest BCUT2D eigenvalue weighted by Gasteiger charge is 2.43. The van der Waals surface area contributed by atoms with Crippen LogP contribution in [0.4, 0.5) is 0 Å². The van der Waals surface area contributed by atoms with Crippen molar-refractivity contribution >= 4 is 11.9 Å². The fourth-order valence-corrected chi connectivity index (χ4v) is 5.08. The van der Waals surface area contributed by atoms with Crippen molar-refractivity contribution in [1.82, 2.24) is 0 Å². The highest BCUT2D eigenvalue weighted by atomic mass is 16.6. The molecule has 1 heterocycles. The average Bonchev–Trinajstić information content (AvgIpc) is 2.66. The third-order valence-corrected chi connectivity index (χ3v) is 7.35. The van der Waals surface area contributed by atoms with Gasteiger partial charge in [-0.1, -0.05) is 39.0 Å². The summed E-state index contributed by atoms with van der Waals surface area (Å²) in [6.07, 6.45) is 9.61. The van der Waals surface area contributed by atoms with E-state index < -0.39 is 11.5 Å². The van der Waals surface area contributed by atoms with E-state index in [1.165, 1.54) is 5.57 Å². The van der Waals surface area contributed by atoms with Crippen LogP contribution in [0.25, 0.3) is 0 Å². The summed E-state index contributed by atoms with van der Waals surface area (Å²) >= 11 is 0. The molecule has 3 rings (SSSR count). The highest BCUT2D eigenvalue weighted by molar-refractivity contribution is 5.76. The Balaban J connectivity index is 1.76. The second-order valence-corrected chi connectivity index (χ2v) is 10.3. The van der Waals surface area contributed by atoms with Crippen LogP contribution in [0.2, 0.25) is 0 Å². The van der Waals surface area contributed by atoms with Gasteiger partial charge in [0, 0.05) is 12.3 Å². The minimum atomic E-state index is -0.601. The van der Waals surface area contributed by atoms with E-state index in [4.69, 9.17) is 9.47 Å². The lowest BCUT2D eigenvalue weighted by Gasteiger charge is -2.44. The zero-order valence-corrected chi connectivity index (χ0v) is 19.1. The molecule has 1 saturated heterocycles. The van der Waals surface area contributed by atoms with Crippen LogP contribution in [-0.4, -0.2) is 35.4 Å². The van der Waals surface area contributed by atoms with E-state index in [2.05, 4.69) is 32.1 Å². The molecule has 3 aliphatic rings. The Morgan fingerprint density at radius 2 is 2.00 bits per heavy atom.